The largest absolute Gasteiger partial charge is 0.313 e. The van der Waals surface area contributed by atoms with Crippen molar-refractivity contribution in [3.8, 4) is 0 Å². The molecule has 0 radical (unpaired) electrons. The summed E-state index contributed by atoms with van der Waals surface area (Å²) in [6.45, 7) is 2.67. The van der Waals surface area contributed by atoms with Gasteiger partial charge in [0.05, 0.1) is 4.47 Å². The van der Waals surface area contributed by atoms with Gasteiger partial charge in [0, 0.05) is 12.1 Å². The van der Waals surface area contributed by atoms with Crippen LogP contribution in [0.15, 0.2) is 21.5 Å². The van der Waals surface area contributed by atoms with E-state index in [1.165, 1.54) is 0 Å². The minimum atomic E-state index is -4.09. The van der Waals surface area contributed by atoms with Crippen molar-refractivity contribution in [3.05, 3.63) is 28.2 Å². The molecule has 1 saturated heterocycles. The van der Waals surface area contributed by atoms with Crippen LogP contribution < -0.4 is 10.0 Å². The first-order chi connectivity index (χ1) is 9.31. The minimum absolute atomic E-state index is 0. The van der Waals surface area contributed by atoms with Crippen LogP contribution in [0.4, 0.5) is 8.78 Å². The van der Waals surface area contributed by atoms with Crippen molar-refractivity contribution in [2.75, 3.05) is 6.54 Å². The van der Waals surface area contributed by atoms with Gasteiger partial charge in [-0.2, -0.15) is 0 Å². The summed E-state index contributed by atoms with van der Waals surface area (Å²) >= 11 is 2.81. The Hall–Kier alpha value is -0.280. The second-order valence-electron chi connectivity index (χ2n) is 4.81. The summed E-state index contributed by atoms with van der Waals surface area (Å²) in [5.41, 5.74) is 0. The molecule has 1 aromatic rings. The molecule has 0 aromatic heterocycles. The maximum atomic E-state index is 13.7. The molecule has 21 heavy (non-hydrogen) atoms. The molecular weight excluding hydrogens is 390 g/mol. The Morgan fingerprint density at radius 1 is 1.33 bits per heavy atom. The monoisotopic (exact) mass is 404 g/mol. The third kappa shape index (κ3) is 4.35. The molecule has 2 unspecified atom stereocenters. The number of piperidine rings is 1. The maximum Gasteiger partial charge on any atom is 0.243 e. The quantitative estimate of drug-likeness (QED) is 0.760. The minimum Gasteiger partial charge on any atom is -0.313 e. The number of nitrogens with one attached hydrogen (secondary N) is 2. The van der Waals surface area contributed by atoms with Crippen molar-refractivity contribution in [2.24, 2.45) is 0 Å². The molecule has 9 heteroatoms. The Labute approximate surface area is 137 Å². The fourth-order valence-corrected chi connectivity index (χ4v) is 3.92. The lowest BCUT2D eigenvalue weighted by atomic mass is 10.0. The van der Waals surface area contributed by atoms with Gasteiger partial charge in [0.25, 0.3) is 0 Å². The van der Waals surface area contributed by atoms with E-state index in [2.05, 4.69) is 26.0 Å². The van der Waals surface area contributed by atoms with Gasteiger partial charge in [-0.15, -0.1) is 12.4 Å². The Morgan fingerprint density at radius 2 is 2.00 bits per heavy atom. The summed E-state index contributed by atoms with van der Waals surface area (Å²) in [5.74, 6) is -1.80. The van der Waals surface area contributed by atoms with Crippen LogP contribution in [-0.4, -0.2) is 27.0 Å². The summed E-state index contributed by atoms with van der Waals surface area (Å²) in [6.07, 6.45) is 1.49. The molecule has 2 atom stereocenters. The van der Waals surface area contributed by atoms with Gasteiger partial charge in [-0.25, -0.2) is 21.9 Å². The second kappa shape index (κ2) is 7.32. The average molecular weight is 406 g/mol. The third-order valence-corrected chi connectivity index (χ3v) is 5.45. The fourth-order valence-electron chi connectivity index (χ4n) is 2.18. The number of hydrogen-bond acceptors (Lipinski definition) is 3. The molecule has 4 nitrogen and oxygen atoms in total. The lowest BCUT2D eigenvalue weighted by molar-refractivity contribution is 0.348. The normalized spacial score (nSPS) is 22.7. The van der Waals surface area contributed by atoms with Crippen molar-refractivity contribution in [3.63, 3.8) is 0 Å². The van der Waals surface area contributed by atoms with Crippen molar-refractivity contribution >= 4 is 38.4 Å². The van der Waals surface area contributed by atoms with E-state index in [4.69, 9.17) is 0 Å². The van der Waals surface area contributed by atoms with Gasteiger partial charge < -0.3 is 5.32 Å². The Bertz CT molecular complexity index is 616. The molecule has 1 fully saturated rings. The Kier molecular flexibility index (Phi) is 6.54. The van der Waals surface area contributed by atoms with Crippen LogP contribution in [0.5, 0.6) is 0 Å². The van der Waals surface area contributed by atoms with E-state index in [-0.39, 0.29) is 29.0 Å². The smallest absolute Gasteiger partial charge is 0.243 e. The summed E-state index contributed by atoms with van der Waals surface area (Å²) in [6, 6.07) is 1.11. The SMILES string of the molecule is CC1NCCCC1NS(=O)(=O)c1cc(F)c(Br)cc1F.Cl. The summed E-state index contributed by atoms with van der Waals surface area (Å²) in [5, 5.41) is 3.14. The fraction of sp³-hybridized carbons (Fsp3) is 0.500. The predicted molar refractivity (Wildman–Crippen MR) is 82.1 cm³/mol. The molecule has 1 aliphatic rings. The van der Waals surface area contributed by atoms with Crippen LogP contribution in [0.3, 0.4) is 0 Å². The molecule has 2 rings (SSSR count). The topological polar surface area (TPSA) is 58.2 Å². The van der Waals surface area contributed by atoms with E-state index < -0.39 is 26.6 Å². The standard InChI is InChI=1S/C12H15BrF2N2O2S.ClH/c1-7-11(3-2-4-16-7)17-20(18,19)12-6-9(14)8(13)5-10(12)15;/h5-7,11,16-17H,2-4H2,1H3;1H. The van der Waals surface area contributed by atoms with Crippen LogP contribution >= 0.6 is 28.3 Å². The van der Waals surface area contributed by atoms with Gasteiger partial charge in [0.15, 0.2) is 0 Å². The number of halogens is 4. The summed E-state index contributed by atoms with van der Waals surface area (Å²) < 4.78 is 53.8. The van der Waals surface area contributed by atoms with Crippen LogP contribution in [0.25, 0.3) is 0 Å². The predicted octanol–water partition coefficient (Wildman–Crippen LogP) is 2.57. The molecule has 0 aliphatic carbocycles. The van der Waals surface area contributed by atoms with E-state index in [1.54, 1.807) is 0 Å². The molecule has 120 valence electrons. The Balaban J connectivity index is 0.00000220. The third-order valence-electron chi connectivity index (χ3n) is 3.33. The second-order valence-corrected chi connectivity index (χ2v) is 7.35. The van der Waals surface area contributed by atoms with E-state index in [9.17, 15) is 17.2 Å². The van der Waals surface area contributed by atoms with E-state index >= 15 is 0 Å². The van der Waals surface area contributed by atoms with Gasteiger partial charge in [-0.05, 0) is 54.4 Å². The summed E-state index contributed by atoms with van der Waals surface area (Å²) in [7, 11) is -4.09. The van der Waals surface area contributed by atoms with Gasteiger partial charge in [0.1, 0.15) is 16.5 Å². The molecule has 0 saturated carbocycles. The highest BCUT2D eigenvalue weighted by Gasteiger charge is 2.29. The molecule has 1 aliphatic heterocycles. The highest BCUT2D eigenvalue weighted by atomic mass is 79.9. The van der Waals surface area contributed by atoms with Gasteiger partial charge in [-0.1, -0.05) is 0 Å². The molecule has 0 spiro atoms. The Morgan fingerprint density at radius 3 is 2.62 bits per heavy atom. The van der Waals surface area contributed by atoms with Crippen molar-refractivity contribution in [1.29, 1.82) is 0 Å². The summed E-state index contributed by atoms with van der Waals surface area (Å²) in [4.78, 5) is -0.670. The molecule has 2 N–H and O–H groups in total. The highest BCUT2D eigenvalue weighted by molar-refractivity contribution is 9.10. The van der Waals surface area contributed by atoms with Gasteiger partial charge >= 0.3 is 0 Å². The molecule has 0 amide bonds. The number of sulfonamides is 1. The van der Waals surface area contributed by atoms with Crippen LogP contribution in [0.2, 0.25) is 0 Å². The highest BCUT2D eigenvalue weighted by Crippen LogP contribution is 2.24. The van der Waals surface area contributed by atoms with E-state index in [0.29, 0.717) is 12.5 Å². The first kappa shape index (κ1) is 18.8. The molecule has 1 heterocycles. The lowest BCUT2D eigenvalue weighted by Crippen LogP contribution is -2.51. The van der Waals surface area contributed by atoms with Crippen molar-refractivity contribution in [2.45, 2.75) is 36.7 Å². The van der Waals surface area contributed by atoms with Crippen LogP contribution in [0.1, 0.15) is 19.8 Å². The number of rotatable bonds is 3. The van der Waals surface area contributed by atoms with Crippen LogP contribution in [-0.2, 0) is 10.0 Å². The number of benzene rings is 1. The molecule has 0 bridgehead atoms. The zero-order chi connectivity index (χ0) is 14.9. The van der Waals surface area contributed by atoms with Gasteiger partial charge in [-0.3, -0.25) is 0 Å². The van der Waals surface area contributed by atoms with E-state index in [1.807, 2.05) is 6.92 Å². The van der Waals surface area contributed by atoms with Crippen LogP contribution in [0, 0.1) is 11.6 Å². The number of hydrogen-bond donors (Lipinski definition) is 2. The van der Waals surface area contributed by atoms with E-state index in [0.717, 1.165) is 19.0 Å². The lowest BCUT2D eigenvalue weighted by Gasteiger charge is -2.30. The first-order valence-electron chi connectivity index (χ1n) is 6.21. The zero-order valence-electron chi connectivity index (χ0n) is 11.2. The first-order valence-corrected chi connectivity index (χ1v) is 8.49. The van der Waals surface area contributed by atoms with Crippen molar-refractivity contribution < 1.29 is 17.2 Å². The molecular formula is C12H16BrClF2N2O2S. The zero-order valence-corrected chi connectivity index (χ0v) is 14.4. The maximum absolute atomic E-state index is 13.7. The molecule has 1 aromatic carbocycles. The van der Waals surface area contributed by atoms with Crippen molar-refractivity contribution in [1.82, 2.24) is 10.0 Å². The average Bonchev–Trinajstić information content (AvgIpc) is 2.36. The van der Waals surface area contributed by atoms with Gasteiger partial charge in [0.2, 0.25) is 10.0 Å².